The third-order valence-electron chi connectivity index (χ3n) is 6.83. The van der Waals surface area contributed by atoms with E-state index in [2.05, 4.69) is 5.32 Å². The molecule has 0 fully saturated rings. The Morgan fingerprint density at radius 3 is 2.21 bits per heavy atom. The van der Waals surface area contributed by atoms with E-state index in [1.807, 2.05) is 37.3 Å². The lowest BCUT2D eigenvalue weighted by atomic mass is 10.0. The van der Waals surface area contributed by atoms with Gasteiger partial charge in [-0.2, -0.15) is 0 Å². The Morgan fingerprint density at radius 1 is 0.930 bits per heavy atom. The minimum absolute atomic E-state index is 0.0349. The SMILES string of the molecule is CCCCNC(=O)[C@H](Cc1ccccc1)N(Cc1c(Cl)cccc1Cl)C(=O)CCCN(c1ccc(F)c(F)c1)S(C)(=O)=O. The predicted octanol–water partition coefficient (Wildman–Crippen LogP) is 6.37. The maximum absolute atomic E-state index is 13.9. The molecule has 0 unspecified atom stereocenters. The van der Waals surface area contributed by atoms with Crippen molar-refractivity contribution >= 4 is 50.7 Å². The highest BCUT2D eigenvalue weighted by molar-refractivity contribution is 7.92. The largest absolute Gasteiger partial charge is 0.354 e. The van der Waals surface area contributed by atoms with E-state index < -0.39 is 33.6 Å². The third kappa shape index (κ3) is 9.91. The standard InChI is InChI=1S/C31H35Cl2F2N3O4S/c1-3-4-17-36-31(40)29(19-22-10-6-5-7-11-22)37(21-24-25(32)12-8-13-26(24)33)30(39)14-9-18-38(43(2,41)42)23-15-16-27(34)28(35)20-23/h5-8,10-13,15-16,20,29H,3-4,9,14,17-19,21H2,1-2H3,(H,36,40)/t29-/m0/s1. The van der Waals surface area contributed by atoms with Crippen molar-refractivity contribution < 1.29 is 26.8 Å². The molecule has 0 aromatic heterocycles. The molecule has 0 heterocycles. The lowest BCUT2D eigenvalue weighted by molar-refractivity contribution is -0.141. The van der Waals surface area contributed by atoms with Gasteiger partial charge in [-0.15, -0.1) is 0 Å². The van der Waals surface area contributed by atoms with Crippen molar-refractivity contribution in [2.75, 3.05) is 23.7 Å². The normalized spacial score (nSPS) is 12.0. The van der Waals surface area contributed by atoms with Crippen LogP contribution in [0.3, 0.4) is 0 Å². The van der Waals surface area contributed by atoms with Crippen molar-refractivity contribution in [2.45, 2.75) is 51.6 Å². The zero-order valence-corrected chi connectivity index (χ0v) is 26.4. The Hall–Kier alpha value is -3.21. The van der Waals surface area contributed by atoms with E-state index in [-0.39, 0.29) is 43.9 Å². The van der Waals surface area contributed by atoms with Crippen LogP contribution in [-0.2, 0) is 32.6 Å². The van der Waals surface area contributed by atoms with Crippen LogP contribution in [0.4, 0.5) is 14.5 Å². The molecule has 0 saturated heterocycles. The van der Waals surface area contributed by atoms with E-state index >= 15 is 0 Å². The number of halogens is 4. The maximum Gasteiger partial charge on any atom is 0.243 e. The highest BCUT2D eigenvalue weighted by Crippen LogP contribution is 2.28. The molecule has 1 N–H and O–H groups in total. The van der Waals surface area contributed by atoms with Crippen molar-refractivity contribution in [3.05, 3.63) is 99.5 Å². The zero-order chi connectivity index (χ0) is 31.6. The number of hydrogen-bond acceptors (Lipinski definition) is 4. The van der Waals surface area contributed by atoms with Crippen LogP contribution in [0.15, 0.2) is 66.7 Å². The van der Waals surface area contributed by atoms with Gasteiger partial charge in [-0.1, -0.05) is 72.9 Å². The van der Waals surface area contributed by atoms with Gasteiger partial charge in [-0.25, -0.2) is 17.2 Å². The van der Waals surface area contributed by atoms with Gasteiger partial charge in [-0.3, -0.25) is 13.9 Å². The zero-order valence-electron chi connectivity index (χ0n) is 24.0. The number of benzene rings is 3. The van der Waals surface area contributed by atoms with Gasteiger partial charge in [0.2, 0.25) is 21.8 Å². The van der Waals surface area contributed by atoms with Crippen LogP contribution in [0, 0.1) is 11.6 Å². The molecule has 0 aliphatic rings. The van der Waals surface area contributed by atoms with E-state index in [0.29, 0.717) is 22.2 Å². The summed E-state index contributed by atoms with van der Waals surface area (Å²) in [6.07, 6.45) is 2.68. The summed E-state index contributed by atoms with van der Waals surface area (Å²) in [7, 11) is -3.89. The maximum atomic E-state index is 13.9. The summed E-state index contributed by atoms with van der Waals surface area (Å²) in [6, 6.07) is 16.1. The van der Waals surface area contributed by atoms with Gasteiger partial charge < -0.3 is 10.2 Å². The molecule has 232 valence electrons. The second-order valence-electron chi connectivity index (χ2n) is 10.1. The molecule has 0 radical (unpaired) electrons. The van der Waals surface area contributed by atoms with Crippen molar-refractivity contribution in [3.63, 3.8) is 0 Å². The summed E-state index contributed by atoms with van der Waals surface area (Å²) >= 11 is 12.9. The summed E-state index contributed by atoms with van der Waals surface area (Å²) in [6.45, 7) is 2.20. The molecule has 3 aromatic rings. The molecule has 0 saturated carbocycles. The Kier molecular flexibility index (Phi) is 12.8. The molecule has 43 heavy (non-hydrogen) atoms. The van der Waals surface area contributed by atoms with E-state index in [1.165, 1.54) is 4.90 Å². The monoisotopic (exact) mass is 653 g/mol. The first-order valence-electron chi connectivity index (χ1n) is 13.9. The van der Waals surface area contributed by atoms with Gasteiger partial charge in [0, 0.05) is 54.2 Å². The van der Waals surface area contributed by atoms with Gasteiger partial charge in [0.25, 0.3) is 0 Å². The number of sulfonamides is 1. The molecule has 0 aliphatic carbocycles. The predicted molar refractivity (Wildman–Crippen MR) is 167 cm³/mol. The average Bonchev–Trinajstić information content (AvgIpc) is 2.95. The molecule has 1 atom stereocenters. The van der Waals surface area contributed by atoms with E-state index in [0.717, 1.165) is 47.2 Å². The van der Waals surface area contributed by atoms with Gasteiger partial charge in [0.05, 0.1) is 11.9 Å². The first-order chi connectivity index (χ1) is 20.4. The molecule has 3 rings (SSSR count). The number of nitrogens with one attached hydrogen (secondary N) is 1. The summed E-state index contributed by atoms with van der Waals surface area (Å²) in [5.41, 5.74) is 1.24. The Bertz CT molecular complexity index is 1490. The molecule has 0 spiro atoms. The molecule has 2 amide bonds. The fraction of sp³-hybridized carbons (Fsp3) is 0.355. The lowest BCUT2D eigenvalue weighted by Gasteiger charge is -2.32. The highest BCUT2D eigenvalue weighted by atomic mass is 35.5. The number of unbranched alkanes of at least 4 members (excludes halogenated alkanes) is 1. The number of carbonyl (C=O) groups excluding carboxylic acids is 2. The smallest absolute Gasteiger partial charge is 0.243 e. The van der Waals surface area contributed by atoms with Crippen LogP contribution in [0.5, 0.6) is 0 Å². The van der Waals surface area contributed by atoms with Gasteiger partial charge >= 0.3 is 0 Å². The van der Waals surface area contributed by atoms with Crippen molar-refractivity contribution in [1.82, 2.24) is 10.2 Å². The second-order valence-corrected chi connectivity index (χ2v) is 12.8. The van der Waals surface area contributed by atoms with E-state index in [4.69, 9.17) is 23.2 Å². The van der Waals surface area contributed by atoms with Gasteiger partial charge in [-0.05, 0) is 42.7 Å². The molecule has 7 nitrogen and oxygen atoms in total. The fourth-order valence-electron chi connectivity index (χ4n) is 4.56. The Labute approximate surface area is 261 Å². The summed E-state index contributed by atoms with van der Waals surface area (Å²) in [4.78, 5) is 28.9. The Balaban J connectivity index is 1.92. The fourth-order valence-corrected chi connectivity index (χ4v) is 6.03. The van der Waals surface area contributed by atoms with Crippen LogP contribution in [-0.4, -0.2) is 50.5 Å². The minimum atomic E-state index is -3.89. The number of anilines is 1. The third-order valence-corrected chi connectivity index (χ3v) is 8.74. The van der Waals surface area contributed by atoms with Crippen LogP contribution in [0.2, 0.25) is 10.0 Å². The van der Waals surface area contributed by atoms with E-state index in [1.54, 1.807) is 18.2 Å². The molecule has 12 heteroatoms. The average molecular weight is 655 g/mol. The van der Waals surface area contributed by atoms with Crippen molar-refractivity contribution in [3.8, 4) is 0 Å². The van der Waals surface area contributed by atoms with Gasteiger partial charge in [0.15, 0.2) is 11.6 Å². The molecular weight excluding hydrogens is 619 g/mol. The van der Waals surface area contributed by atoms with Crippen LogP contribution in [0.25, 0.3) is 0 Å². The number of rotatable bonds is 15. The van der Waals surface area contributed by atoms with Gasteiger partial charge in [0.1, 0.15) is 6.04 Å². The minimum Gasteiger partial charge on any atom is -0.354 e. The quantitative estimate of drug-likeness (QED) is 0.193. The summed E-state index contributed by atoms with van der Waals surface area (Å²) in [5.74, 6) is -3.07. The number of nitrogens with zero attached hydrogens (tertiary/aromatic N) is 2. The first kappa shape index (κ1) is 34.3. The second kappa shape index (κ2) is 16.0. The molecular formula is C31H35Cl2F2N3O4S. The summed E-state index contributed by atoms with van der Waals surface area (Å²) in [5, 5.41) is 3.59. The van der Waals surface area contributed by atoms with Crippen LogP contribution >= 0.6 is 23.2 Å². The topological polar surface area (TPSA) is 86.8 Å². The molecule has 0 bridgehead atoms. The van der Waals surface area contributed by atoms with E-state index in [9.17, 15) is 26.8 Å². The molecule has 3 aromatic carbocycles. The van der Waals surface area contributed by atoms with Crippen molar-refractivity contribution in [1.29, 1.82) is 0 Å². The van der Waals surface area contributed by atoms with Crippen LogP contribution < -0.4 is 9.62 Å². The van der Waals surface area contributed by atoms with Crippen LogP contribution in [0.1, 0.15) is 43.7 Å². The highest BCUT2D eigenvalue weighted by Gasteiger charge is 2.31. The summed E-state index contributed by atoms with van der Waals surface area (Å²) < 4.78 is 53.3. The number of carbonyl (C=O) groups is 2. The molecule has 0 aliphatic heterocycles. The number of hydrogen-bond donors (Lipinski definition) is 1. The van der Waals surface area contributed by atoms with Crippen molar-refractivity contribution in [2.24, 2.45) is 0 Å². The first-order valence-corrected chi connectivity index (χ1v) is 16.5. The Morgan fingerprint density at radius 2 is 1.60 bits per heavy atom. The lowest BCUT2D eigenvalue weighted by Crippen LogP contribution is -2.50. The number of amides is 2.